The highest BCUT2D eigenvalue weighted by Gasteiger charge is 2.36. The van der Waals surface area contributed by atoms with Crippen LogP contribution in [0.15, 0.2) is 10.9 Å². The molecule has 0 bridgehead atoms. The van der Waals surface area contributed by atoms with Crippen LogP contribution in [0.4, 0.5) is 18.9 Å². The molecular formula is C7H5F3N2O4. The molecule has 6 nitrogen and oxygen atoms in total. The highest BCUT2D eigenvalue weighted by atomic mass is 19.4. The summed E-state index contributed by atoms with van der Waals surface area (Å²) in [6, 6.07) is 0.807. The molecule has 0 aliphatic rings. The second-order valence-electron chi connectivity index (χ2n) is 2.80. The van der Waals surface area contributed by atoms with Gasteiger partial charge in [0.15, 0.2) is 0 Å². The molecule has 0 amide bonds. The van der Waals surface area contributed by atoms with Crippen molar-refractivity contribution in [2.75, 3.05) is 0 Å². The normalized spacial score (nSPS) is 11.2. The minimum Gasteiger partial charge on any atom is -0.382 e. The molecule has 0 aliphatic heterocycles. The smallest absolute Gasteiger partial charge is 0.382 e. The number of aryl methyl sites for hydroxylation is 1. The number of ether oxygens (including phenoxy) is 1. The molecule has 1 heterocycles. The maximum Gasteiger partial charge on any atom is 0.574 e. The number of aromatic amines is 1. The summed E-state index contributed by atoms with van der Waals surface area (Å²) in [4.78, 5) is 22.2. The lowest BCUT2D eigenvalue weighted by atomic mass is 10.3. The molecule has 1 rings (SSSR count). The molecular weight excluding hydrogens is 233 g/mol. The van der Waals surface area contributed by atoms with Gasteiger partial charge in [-0.3, -0.25) is 14.9 Å². The number of hydrogen-bond donors (Lipinski definition) is 1. The Morgan fingerprint density at radius 2 is 2.06 bits per heavy atom. The van der Waals surface area contributed by atoms with Gasteiger partial charge in [-0.1, -0.05) is 0 Å². The number of aromatic nitrogens is 1. The summed E-state index contributed by atoms with van der Waals surface area (Å²) in [5.74, 6) is -1.22. The number of hydrogen-bond acceptors (Lipinski definition) is 4. The third kappa shape index (κ3) is 2.72. The molecule has 9 heteroatoms. The van der Waals surface area contributed by atoms with Crippen LogP contribution in [0.25, 0.3) is 0 Å². The first-order chi connectivity index (χ1) is 7.20. The van der Waals surface area contributed by atoms with Crippen LogP contribution in [-0.2, 0) is 0 Å². The highest BCUT2D eigenvalue weighted by molar-refractivity contribution is 5.41. The van der Waals surface area contributed by atoms with E-state index < -0.39 is 28.3 Å². The number of H-pyrrole nitrogens is 1. The fourth-order valence-corrected chi connectivity index (χ4v) is 1.01. The van der Waals surface area contributed by atoms with Gasteiger partial charge in [0, 0.05) is 11.8 Å². The Labute approximate surface area is 85.8 Å². The molecule has 0 radical (unpaired) electrons. The quantitative estimate of drug-likeness (QED) is 0.624. The van der Waals surface area contributed by atoms with E-state index in [0.29, 0.717) is 0 Å². The maximum atomic E-state index is 11.9. The Hall–Kier alpha value is -2.06. The SMILES string of the molecule is Cc1cc(=O)c([N+](=O)[O-])c(OC(F)(F)F)[nH]1. The molecule has 0 spiro atoms. The van der Waals surface area contributed by atoms with E-state index in [1.54, 1.807) is 0 Å². The van der Waals surface area contributed by atoms with E-state index in [1.807, 2.05) is 4.98 Å². The van der Waals surface area contributed by atoms with E-state index >= 15 is 0 Å². The Balaban J connectivity index is 3.36. The zero-order valence-corrected chi connectivity index (χ0v) is 7.79. The molecule has 0 unspecified atom stereocenters. The first kappa shape index (κ1) is 12.0. The fraction of sp³-hybridized carbons (Fsp3) is 0.286. The zero-order valence-electron chi connectivity index (χ0n) is 7.79. The summed E-state index contributed by atoms with van der Waals surface area (Å²) in [6.45, 7) is 1.27. The van der Waals surface area contributed by atoms with Crippen molar-refractivity contribution in [2.45, 2.75) is 13.3 Å². The molecule has 0 saturated carbocycles. The summed E-state index contributed by atoms with van der Waals surface area (Å²) in [6.07, 6.45) is -5.11. The Morgan fingerprint density at radius 1 is 1.50 bits per heavy atom. The van der Waals surface area contributed by atoms with Crippen LogP contribution in [0, 0.1) is 17.0 Å². The summed E-state index contributed by atoms with van der Waals surface area (Å²) in [7, 11) is 0. The van der Waals surface area contributed by atoms with Crippen LogP contribution in [-0.4, -0.2) is 16.3 Å². The first-order valence-corrected chi connectivity index (χ1v) is 3.85. The monoisotopic (exact) mass is 238 g/mol. The first-order valence-electron chi connectivity index (χ1n) is 3.85. The molecule has 1 aromatic heterocycles. The number of nitrogens with one attached hydrogen (secondary N) is 1. The van der Waals surface area contributed by atoms with Crippen molar-refractivity contribution in [3.63, 3.8) is 0 Å². The van der Waals surface area contributed by atoms with Crippen LogP contribution in [0.2, 0.25) is 0 Å². The molecule has 0 aliphatic carbocycles. The van der Waals surface area contributed by atoms with Gasteiger partial charge in [-0.15, -0.1) is 13.2 Å². The molecule has 0 aromatic carbocycles. The molecule has 16 heavy (non-hydrogen) atoms. The summed E-state index contributed by atoms with van der Waals surface area (Å²) < 4.78 is 39.0. The third-order valence-corrected chi connectivity index (χ3v) is 1.51. The standard InChI is InChI=1S/C7H5F3N2O4/c1-3-2-4(13)5(12(14)15)6(11-3)16-7(8,9)10/h2H,1H3,(H,11,13). The van der Waals surface area contributed by atoms with Gasteiger partial charge in [0.25, 0.3) is 11.3 Å². The zero-order chi connectivity index (χ0) is 12.5. The lowest BCUT2D eigenvalue weighted by Gasteiger charge is -2.08. The second-order valence-corrected chi connectivity index (χ2v) is 2.80. The summed E-state index contributed by atoms with van der Waals surface area (Å²) in [5, 5.41) is 10.4. The van der Waals surface area contributed by atoms with Crippen LogP contribution in [0.5, 0.6) is 5.88 Å². The summed E-state index contributed by atoms with van der Waals surface area (Å²) >= 11 is 0. The third-order valence-electron chi connectivity index (χ3n) is 1.51. The van der Waals surface area contributed by atoms with Crippen molar-refractivity contribution in [3.8, 4) is 5.88 Å². The topological polar surface area (TPSA) is 85.2 Å². The van der Waals surface area contributed by atoms with Gasteiger partial charge in [-0.05, 0) is 6.92 Å². The van der Waals surface area contributed by atoms with E-state index in [9.17, 15) is 28.1 Å². The Kier molecular flexibility index (Phi) is 2.88. The minimum absolute atomic E-state index is 0.0230. The average molecular weight is 238 g/mol. The molecule has 88 valence electrons. The number of alkyl halides is 3. The Morgan fingerprint density at radius 3 is 2.50 bits per heavy atom. The molecule has 1 aromatic rings. The molecule has 0 saturated heterocycles. The lowest BCUT2D eigenvalue weighted by Crippen LogP contribution is -2.21. The average Bonchev–Trinajstić information content (AvgIpc) is 1.96. The highest BCUT2D eigenvalue weighted by Crippen LogP contribution is 2.27. The molecule has 0 fully saturated rings. The van der Waals surface area contributed by atoms with Crippen molar-refractivity contribution in [1.82, 2.24) is 4.98 Å². The van der Waals surface area contributed by atoms with E-state index in [4.69, 9.17) is 0 Å². The second kappa shape index (κ2) is 3.83. The van der Waals surface area contributed by atoms with Gasteiger partial charge in [-0.25, -0.2) is 0 Å². The van der Waals surface area contributed by atoms with Crippen LogP contribution in [0.1, 0.15) is 5.69 Å². The number of halogens is 3. The van der Waals surface area contributed by atoms with E-state index in [-0.39, 0.29) is 5.69 Å². The largest absolute Gasteiger partial charge is 0.574 e. The maximum absolute atomic E-state index is 11.9. The van der Waals surface area contributed by atoms with E-state index in [0.717, 1.165) is 6.07 Å². The number of nitro groups is 1. The molecule has 1 N–H and O–H groups in total. The van der Waals surface area contributed by atoms with Crippen molar-refractivity contribution in [2.24, 2.45) is 0 Å². The van der Waals surface area contributed by atoms with Crippen molar-refractivity contribution < 1.29 is 22.8 Å². The van der Waals surface area contributed by atoms with Gasteiger partial charge in [0.2, 0.25) is 0 Å². The van der Waals surface area contributed by atoms with Gasteiger partial charge in [0.1, 0.15) is 0 Å². The summed E-state index contributed by atoms with van der Waals surface area (Å²) in [5.41, 5.74) is -2.40. The van der Waals surface area contributed by atoms with Crippen molar-refractivity contribution >= 4 is 5.69 Å². The minimum atomic E-state index is -5.11. The van der Waals surface area contributed by atoms with Crippen LogP contribution >= 0.6 is 0 Å². The predicted octanol–water partition coefficient (Wildman–Crippen LogP) is 1.49. The predicted molar refractivity (Wildman–Crippen MR) is 45.1 cm³/mol. The van der Waals surface area contributed by atoms with Crippen molar-refractivity contribution in [1.29, 1.82) is 0 Å². The van der Waals surface area contributed by atoms with Crippen molar-refractivity contribution in [3.05, 3.63) is 32.1 Å². The van der Waals surface area contributed by atoms with E-state index in [2.05, 4.69) is 4.74 Å². The lowest BCUT2D eigenvalue weighted by molar-refractivity contribution is -0.390. The number of rotatable bonds is 2. The van der Waals surface area contributed by atoms with Gasteiger partial charge in [0.05, 0.1) is 4.92 Å². The Bertz CT molecular complexity index is 480. The fourth-order valence-electron chi connectivity index (χ4n) is 1.01. The van der Waals surface area contributed by atoms with Gasteiger partial charge >= 0.3 is 12.0 Å². The van der Waals surface area contributed by atoms with E-state index in [1.165, 1.54) is 6.92 Å². The van der Waals surface area contributed by atoms with Crippen LogP contribution in [0.3, 0.4) is 0 Å². The molecule has 0 atom stereocenters. The number of nitrogens with zero attached hydrogens (tertiary/aromatic N) is 1. The van der Waals surface area contributed by atoms with Crippen LogP contribution < -0.4 is 10.2 Å². The number of pyridine rings is 1. The van der Waals surface area contributed by atoms with Gasteiger partial charge in [-0.2, -0.15) is 0 Å². The van der Waals surface area contributed by atoms with Gasteiger partial charge < -0.3 is 9.72 Å².